The van der Waals surface area contributed by atoms with E-state index in [0.717, 1.165) is 36.0 Å². The van der Waals surface area contributed by atoms with Crippen LogP contribution in [-0.2, 0) is 19.1 Å². The van der Waals surface area contributed by atoms with Crippen molar-refractivity contribution in [2.45, 2.75) is 131 Å². The molecular formula is C31H52N4O5. The maximum atomic E-state index is 14.4. The molecule has 1 aromatic rings. The molecule has 4 atom stereocenters. The second-order valence-corrected chi connectivity index (χ2v) is 12.3. The Labute approximate surface area is 241 Å². The van der Waals surface area contributed by atoms with E-state index in [1.165, 1.54) is 4.90 Å². The predicted octanol–water partition coefficient (Wildman–Crippen LogP) is 5.07. The van der Waals surface area contributed by atoms with E-state index in [1.807, 2.05) is 52.8 Å². The fraction of sp³-hybridized carbons (Fsp3) is 0.677. The number of nitrogens with two attached hydrogens (primary N) is 1. The summed E-state index contributed by atoms with van der Waals surface area (Å²) in [6.07, 6.45) is 1.84. The lowest BCUT2D eigenvalue weighted by atomic mass is 9.91. The number of amides is 4. The van der Waals surface area contributed by atoms with E-state index < -0.39 is 42.0 Å². The Morgan fingerprint density at radius 3 is 2.00 bits per heavy atom. The summed E-state index contributed by atoms with van der Waals surface area (Å²) in [5.41, 5.74) is 7.16. The van der Waals surface area contributed by atoms with E-state index in [-0.39, 0.29) is 18.0 Å². The van der Waals surface area contributed by atoms with Gasteiger partial charge in [0.25, 0.3) is 0 Å². The summed E-state index contributed by atoms with van der Waals surface area (Å²) in [6, 6.07) is 2.97. The van der Waals surface area contributed by atoms with Gasteiger partial charge in [-0.05, 0) is 90.3 Å². The molecule has 9 heteroatoms. The highest BCUT2D eigenvalue weighted by Crippen LogP contribution is 2.32. The molecule has 0 spiro atoms. The molecule has 0 saturated heterocycles. The van der Waals surface area contributed by atoms with Gasteiger partial charge in [0.15, 0.2) is 0 Å². The van der Waals surface area contributed by atoms with E-state index in [2.05, 4.69) is 24.5 Å². The van der Waals surface area contributed by atoms with Gasteiger partial charge >= 0.3 is 6.09 Å². The summed E-state index contributed by atoms with van der Waals surface area (Å²) in [7, 11) is 0. The van der Waals surface area contributed by atoms with Crippen LogP contribution >= 0.6 is 0 Å². The fourth-order valence-corrected chi connectivity index (χ4v) is 4.83. The van der Waals surface area contributed by atoms with E-state index in [0.29, 0.717) is 12.3 Å². The number of benzene rings is 1. The van der Waals surface area contributed by atoms with Crippen molar-refractivity contribution in [2.24, 2.45) is 11.7 Å². The predicted molar refractivity (Wildman–Crippen MR) is 159 cm³/mol. The Morgan fingerprint density at radius 1 is 0.950 bits per heavy atom. The second-order valence-electron chi connectivity index (χ2n) is 12.3. The normalized spacial score (nSPS) is 14.6. The molecule has 0 radical (unpaired) electrons. The third-order valence-electron chi connectivity index (χ3n) is 6.74. The van der Waals surface area contributed by atoms with Gasteiger partial charge < -0.3 is 26.0 Å². The lowest BCUT2D eigenvalue weighted by Crippen LogP contribution is -2.57. The Morgan fingerprint density at radius 2 is 1.52 bits per heavy atom. The van der Waals surface area contributed by atoms with Crippen LogP contribution in [0.4, 0.5) is 4.79 Å². The summed E-state index contributed by atoms with van der Waals surface area (Å²) in [5, 5.41) is 5.66. The van der Waals surface area contributed by atoms with Gasteiger partial charge in [0.1, 0.15) is 17.7 Å². The van der Waals surface area contributed by atoms with Crippen molar-refractivity contribution < 1.29 is 23.9 Å². The molecule has 4 unspecified atom stereocenters. The summed E-state index contributed by atoms with van der Waals surface area (Å²) in [6.45, 7) is 19.0. The largest absolute Gasteiger partial charge is 0.444 e. The number of hydrogen-bond donors (Lipinski definition) is 3. The van der Waals surface area contributed by atoms with Crippen LogP contribution < -0.4 is 16.4 Å². The number of ether oxygens (including phenoxy) is 1. The zero-order chi connectivity index (χ0) is 30.8. The number of carbonyl (C=O) groups is 4. The highest BCUT2D eigenvalue weighted by Gasteiger charge is 2.40. The van der Waals surface area contributed by atoms with Gasteiger partial charge in [-0.25, -0.2) is 4.79 Å². The number of nitrogens with one attached hydrogen (secondary N) is 2. The minimum atomic E-state index is -1.30. The minimum Gasteiger partial charge on any atom is -0.444 e. The average molecular weight is 561 g/mol. The molecule has 40 heavy (non-hydrogen) atoms. The maximum absolute atomic E-state index is 14.4. The van der Waals surface area contributed by atoms with Crippen molar-refractivity contribution in [3.8, 4) is 0 Å². The van der Waals surface area contributed by atoms with Crippen LogP contribution in [0.1, 0.15) is 110 Å². The molecule has 0 aromatic heterocycles. The Kier molecular flexibility index (Phi) is 13.6. The number of primary amides is 1. The van der Waals surface area contributed by atoms with Crippen LogP contribution in [0.3, 0.4) is 0 Å². The molecule has 0 bridgehead atoms. The van der Waals surface area contributed by atoms with Crippen molar-refractivity contribution in [1.29, 1.82) is 0 Å². The molecule has 1 aromatic carbocycles. The van der Waals surface area contributed by atoms with Crippen LogP contribution in [0, 0.1) is 19.8 Å². The van der Waals surface area contributed by atoms with Crippen LogP contribution in [0.2, 0.25) is 0 Å². The lowest BCUT2D eigenvalue weighted by molar-refractivity contribution is -0.146. The summed E-state index contributed by atoms with van der Waals surface area (Å²) in [4.78, 5) is 54.8. The zero-order valence-corrected chi connectivity index (χ0v) is 26.2. The zero-order valence-electron chi connectivity index (χ0n) is 26.2. The molecule has 4 N–H and O–H groups in total. The van der Waals surface area contributed by atoms with Gasteiger partial charge in [0, 0.05) is 12.1 Å². The van der Waals surface area contributed by atoms with Crippen LogP contribution in [-0.4, -0.2) is 52.4 Å². The molecular weight excluding hydrogens is 508 g/mol. The monoisotopic (exact) mass is 560 g/mol. The summed E-state index contributed by atoms with van der Waals surface area (Å²) in [5.74, 6) is -1.25. The van der Waals surface area contributed by atoms with Gasteiger partial charge in [0.2, 0.25) is 17.7 Å². The van der Waals surface area contributed by atoms with Crippen molar-refractivity contribution >= 4 is 23.8 Å². The fourth-order valence-electron chi connectivity index (χ4n) is 4.83. The van der Waals surface area contributed by atoms with Crippen LogP contribution in [0.5, 0.6) is 0 Å². The lowest BCUT2D eigenvalue weighted by Gasteiger charge is -2.40. The van der Waals surface area contributed by atoms with E-state index in [9.17, 15) is 19.2 Å². The first kappa shape index (κ1) is 34.9. The van der Waals surface area contributed by atoms with Gasteiger partial charge in [0.05, 0.1) is 6.42 Å². The van der Waals surface area contributed by atoms with Crippen molar-refractivity contribution in [3.05, 3.63) is 34.9 Å². The first-order chi connectivity index (χ1) is 18.5. The van der Waals surface area contributed by atoms with Gasteiger partial charge in [-0.2, -0.15) is 0 Å². The number of alkyl carbamates (subject to hydrolysis) is 1. The van der Waals surface area contributed by atoms with Crippen molar-refractivity contribution in [3.63, 3.8) is 0 Å². The standard InChI is InChI=1S/C31H52N4O5/c1-11-13-22(6)33-28(37)27(26-20(4)14-12-15-21(26)5)35(23(7)17-16-19(2)3)29(38)24(18-25(32)36)34-30(39)40-31(8,9)10/h12,14-15,19,22-24,27H,11,13,16-18H2,1-10H3,(H2,32,36)(H,33,37)(H,34,39). The maximum Gasteiger partial charge on any atom is 0.408 e. The molecule has 0 aliphatic rings. The highest BCUT2D eigenvalue weighted by molar-refractivity contribution is 5.95. The van der Waals surface area contributed by atoms with Crippen molar-refractivity contribution in [1.82, 2.24) is 15.5 Å². The molecule has 0 aliphatic heterocycles. The molecule has 226 valence electrons. The Bertz CT molecular complexity index is 997. The molecule has 0 saturated carbocycles. The first-order valence-corrected chi connectivity index (χ1v) is 14.4. The SMILES string of the molecule is CCCC(C)NC(=O)C(c1c(C)cccc1C)N(C(=O)C(CC(N)=O)NC(=O)OC(C)(C)C)C(C)CCC(C)C. The minimum absolute atomic E-state index is 0.103. The van der Waals surface area contributed by atoms with Gasteiger partial charge in [-0.1, -0.05) is 45.4 Å². The van der Waals surface area contributed by atoms with Crippen molar-refractivity contribution in [2.75, 3.05) is 0 Å². The summed E-state index contributed by atoms with van der Waals surface area (Å²) >= 11 is 0. The molecule has 0 fully saturated rings. The number of rotatable bonds is 14. The summed E-state index contributed by atoms with van der Waals surface area (Å²) < 4.78 is 5.38. The van der Waals surface area contributed by atoms with E-state index in [1.54, 1.807) is 20.8 Å². The smallest absolute Gasteiger partial charge is 0.408 e. The molecule has 0 heterocycles. The van der Waals surface area contributed by atoms with Gasteiger partial charge in [-0.3, -0.25) is 14.4 Å². The number of hydrogen-bond acceptors (Lipinski definition) is 5. The van der Waals surface area contributed by atoms with Crippen LogP contribution in [0.15, 0.2) is 18.2 Å². The quantitative estimate of drug-likeness (QED) is 0.292. The number of nitrogens with zero attached hydrogens (tertiary/aromatic N) is 1. The molecule has 9 nitrogen and oxygen atoms in total. The highest BCUT2D eigenvalue weighted by atomic mass is 16.6. The van der Waals surface area contributed by atoms with E-state index >= 15 is 0 Å². The number of aryl methyl sites for hydroxylation is 2. The third kappa shape index (κ3) is 11.2. The first-order valence-electron chi connectivity index (χ1n) is 14.4. The topological polar surface area (TPSA) is 131 Å². The van der Waals surface area contributed by atoms with Crippen LogP contribution in [0.25, 0.3) is 0 Å². The average Bonchev–Trinajstić information content (AvgIpc) is 2.79. The van der Waals surface area contributed by atoms with Gasteiger partial charge in [-0.15, -0.1) is 0 Å². The number of carbonyl (C=O) groups excluding carboxylic acids is 4. The Hall–Kier alpha value is -3.10. The Balaban J connectivity index is 3.76. The molecule has 1 rings (SSSR count). The van der Waals surface area contributed by atoms with E-state index in [4.69, 9.17) is 10.5 Å². The second kappa shape index (κ2) is 15.6. The third-order valence-corrected chi connectivity index (χ3v) is 6.74. The molecule has 0 aliphatic carbocycles. The molecule has 4 amide bonds.